The van der Waals surface area contributed by atoms with Crippen molar-refractivity contribution in [2.45, 2.75) is 64.0 Å². The van der Waals surface area contributed by atoms with Crippen molar-refractivity contribution in [1.82, 2.24) is 19.7 Å². The van der Waals surface area contributed by atoms with E-state index in [9.17, 15) is 0 Å². The van der Waals surface area contributed by atoms with E-state index in [1.165, 1.54) is 50.3 Å². The molecule has 2 unspecified atom stereocenters. The predicted molar refractivity (Wildman–Crippen MR) is 71.6 cm³/mol. The van der Waals surface area contributed by atoms with Crippen molar-refractivity contribution in [3.63, 3.8) is 0 Å². The van der Waals surface area contributed by atoms with Crippen molar-refractivity contribution in [3.8, 4) is 0 Å². The third-order valence-corrected chi connectivity index (χ3v) is 4.66. The highest BCUT2D eigenvalue weighted by Crippen LogP contribution is 2.27. The van der Waals surface area contributed by atoms with Crippen LogP contribution in [0.15, 0.2) is 0 Å². The molecule has 1 fully saturated rings. The number of hydrogen-bond donors (Lipinski definition) is 0. The molecule has 2 aliphatic rings. The van der Waals surface area contributed by atoms with E-state index >= 15 is 0 Å². The summed E-state index contributed by atoms with van der Waals surface area (Å²) >= 11 is 0. The number of rotatable bonds is 2. The first-order valence-corrected chi connectivity index (χ1v) is 7.38. The fraction of sp³-hybridized carbons (Fsp3) is 0.857. The van der Waals surface area contributed by atoms with Crippen LogP contribution in [0.4, 0.5) is 0 Å². The van der Waals surface area contributed by atoms with Gasteiger partial charge in [0.2, 0.25) is 0 Å². The van der Waals surface area contributed by atoms with Crippen LogP contribution in [-0.4, -0.2) is 39.3 Å². The number of nitrogens with zero attached hydrogens (tertiary/aromatic N) is 4. The Labute approximate surface area is 109 Å². The average molecular weight is 248 g/mol. The second-order valence-corrected chi connectivity index (χ2v) is 6.00. The van der Waals surface area contributed by atoms with E-state index in [-0.39, 0.29) is 0 Å². The number of piperidine rings is 1. The largest absolute Gasteiger partial charge is 0.315 e. The van der Waals surface area contributed by atoms with Gasteiger partial charge in [-0.3, -0.25) is 0 Å². The zero-order valence-corrected chi connectivity index (χ0v) is 11.6. The smallest absolute Gasteiger partial charge is 0.135 e. The van der Waals surface area contributed by atoms with Gasteiger partial charge in [-0.15, -0.1) is 10.2 Å². The summed E-state index contributed by atoms with van der Waals surface area (Å²) in [5.74, 6) is 3.02. The number of fused-ring (bicyclic) bond motifs is 1. The molecule has 0 aromatic carbocycles. The maximum absolute atomic E-state index is 4.46. The lowest BCUT2D eigenvalue weighted by molar-refractivity contribution is 0.181. The summed E-state index contributed by atoms with van der Waals surface area (Å²) in [4.78, 5) is 2.50. The summed E-state index contributed by atoms with van der Waals surface area (Å²) in [7, 11) is 2.25. The van der Waals surface area contributed by atoms with Crippen molar-refractivity contribution in [1.29, 1.82) is 0 Å². The third kappa shape index (κ3) is 2.18. The van der Waals surface area contributed by atoms with Gasteiger partial charge in [-0.2, -0.15) is 0 Å². The molecule has 0 N–H and O–H groups in total. The molecule has 0 spiro atoms. The number of hydrogen-bond acceptors (Lipinski definition) is 3. The molecule has 2 atom stereocenters. The Balaban J connectivity index is 1.76. The van der Waals surface area contributed by atoms with Crippen molar-refractivity contribution < 1.29 is 0 Å². The number of likely N-dealkylation sites (tertiary alicyclic amines) is 1. The molecule has 1 aromatic rings. The Morgan fingerprint density at radius 3 is 2.83 bits per heavy atom. The molecule has 3 heterocycles. The molecule has 0 aliphatic carbocycles. The first kappa shape index (κ1) is 12.2. The van der Waals surface area contributed by atoms with Crippen molar-refractivity contribution >= 4 is 0 Å². The summed E-state index contributed by atoms with van der Waals surface area (Å²) in [5, 5.41) is 8.89. The van der Waals surface area contributed by atoms with E-state index in [1.807, 2.05) is 0 Å². The molecule has 100 valence electrons. The Morgan fingerprint density at radius 2 is 2.00 bits per heavy atom. The molecule has 1 aromatic heterocycles. The topological polar surface area (TPSA) is 34.0 Å². The lowest BCUT2D eigenvalue weighted by Gasteiger charge is -2.32. The summed E-state index contributed by atoms with van der Waals surface area (Å²) in [6.07, 6.45) is 7.65. The molecule has 18 heavy (non-hydrogen) atoms. The van der Waals surface area contributed by atoms with Gasteiger partial charge in [0.1, 0.15) is 11.6 Å². The van der Waals surface area contributed by atoms with E-state index in [1.54, 1.807) is 0 Å². The van der Waals surface area contributed by atoms with Crippen molar-refractivity contribution in [2.75, 3.05) is 13.6 Å². The lowest BCUT2D eigenvalue weighted by Crippen LogP contribution is -2.38. The highest BCUT2D eigenvalue weighted by molar-refractivity contribution is 5.05. The predicted octanol–water partition coefficient (Wildman–Crippen LogP) is 2.20. The van der Waals surface area contributed by atoms with E-state index in [2.05, 4.69) is 33.6 Å². The lowest BCUT2D eigenvalue weighted by atomic mass is 9.98. The van der Waals surface area contributed by atoms with Gasteiger partial charge in [0, 0.05) is 24.9 Å². The number of aromatic nitrogens is 3. The van der Waals surface area contributed by atoms with Crippen LogP contribution in [0.2, 0.25) is 0 Å². The maximum Gasteiger partial charge on any atom is 0.135 e. The second-order valence-electron chi connectivity index (χ2n) is 6.00. The SMILES string of the molecule is CC1CCCn2c(CC3CCCCN3C)nnc21. The summed E-state index contributed by atoms with van der Waals surface area (Å²) < 4.78 is 2.39. The van der Waals surface area contributed by atoms with Crippen LogP contribution in [0.5, 0.6) is 0 Å². The standard InChI is InChI=1S/C14H24N4/c1-11-6-5-9-18-13(15-16-14(11)18)10-12-7-3-4-8-17(12)2/h11-12H,3-10H2,1-2H3. The molecular formula is C14H24N4. The molecular weight excluding hydrogens is 224 g/mol. The quantitative estimate of drug-likeness (QED) is 0.804. The fourth-order valence-corrected chi connectivity index (χ4v) is 3.41. The molecule has 1 saturated heterocycles. The highest BCUT2D eigenvalue weighted by Gasteiger charge is 2.25. The van der Waals surface area contributed by atoms with Gasteiger partial charge >= 0.3 is 0 Å². The van der Waals surface area contributed by atoms with Gasteiger partial charge in [-0.05, 0) is 39.3 Å². The van der Waals surface area contributed by atoms with E-state index in [0.717, 1.165) is 13.0 Å². The summed E-state index contributed by atoms with van der Waals surface area (Å²) in [5.41, 5.74) is 0. The van der Waals surface area contributed by atoms with Crippen molar-refractivity contribution in [3.05, 3.63) is 11.6 Å². The first-order valence-electron chi connectivity index (χ1n) is 7.38. The second kappa shape index (κ2) is 5.00. The number of likely N-dealkylation sites (N-methyl/N-ethyl adjacent to an activating group) is 1. The van der Waals surface area contributed by atoms with Gasteiger partial charge < -0.3 is 9.47 Å². The minimum absolute atomic E-state index is 0.587. The normalized spacial score (nSPS) is 29.2. The van der Waals surface area contributed by atoms with E-state index < -0.39 is 0 Å². The minimum Gasteiger partial charge on any atom is -0.315 e. The van der Waals surface area contributed by atoms with Gasteiger partial charge in [-0.25, -0.2) is 0 Å². The van der Waals surface area contributed by atoms with Crippen LogP contribution in [0.3, 0.4) is 0 Å². The van der Waals surface area contributed by atoms with Crippen LogP contribution in [0.25, 0.3) is 0 Å². The summed E-state index contributed by atoms with van der Waals surface area (Å²) in [6.45, 7) is 4.64. The van der Waals surface area contributed by atoms with Gasteiger partial charge in [-0.1, -0.05) is 13.3 Å². The molecule has 0 amide bonds. The Bertz CT molecular complexity index is 412. The van der Waals surface area contributed by atoms with E-state index in [0.29, 0.717) is 12.0 Å². The fourth-order valence-electron chi connectivity index (χ4n) is 3.41. The first-order chi connectivity index (χ1) is 8.75. The Morgan fingerprint density at radius 1 is 1.11 bits per heavy atom. The molecule has 0 radical (unpaired) electrons. The molecule has 2 aliphatic heterocycles. The average Bonchev–Trinajstić information content (AvgIpc) is 2.77. The van der Waals surface area contributed by atoms with Gasteiger partial charge in [0.15, 0.2) is 0 Å². The van der Waals surface area contributed by atoms with Crippen LogP contribution in [0, 0.1) is 0 Å². The Hall–Kier alpha value is -0.900. The highest BCUT2D eigenvalue weighted by atomic mass is 15.3. The zero-order chi connectivity index (χ0) is 12.5. The monoisotopic (exact) mass is 248 g/mol. The molecule has 3 rings (SSSR count). The zero-order valence-electron chi connectivity index (χ0n) is 11.6. The van der Waals surface area contributed by atoms with Gasteiger partial charge in [0.25, 0.3) is 0 Å². The maximum atomic E-state index is 4.46. The molecule has 0 saturated carbocycles. The Kier molecular flexibility index (Phi) is 3.37. The molecule has 4 nitrogen and oxygen atoms in total. The van der Waals surface area contributed by atoms with Gasteiger partial charge in [0.05, 0.1) is 0 Å². The minimum atomic E-state index is 0.587. The molecule has 4 heteroatoms. The van der Waals surface area contributed by atoms with Crippen LogP contribution < -0.4 is 0 Å². The summed E-state index contributed by atoms with van der Waals surface area (Å²) in [6, 6.07) is 0.671. The molecule has 0 bridgehead atoms. The third-order valence-electron chi connectivity index (χ3n) is 4.66. The van der Waals surface area contributed by atoms with Crippen LogP contribution in [-0.2, 0) is 13.0 Å². The van der Waals surface area contributed by atoms with Crippen LogP contribution >= 0.6 is 0 Å². The van der Waals surface area contributed by atoms with E-state index in [4.69, 9.17) is 0 Å². The van der Waals surface area contributed by atoms with Crippen LogP contribution in [0.1, 0.15) is 56.6 Å². The van der Waals surface area contributed by atoms with Crippen molar-refractivity contribution in [2.24, 2.45) is 0 Å².